The average Bonchev–Trinajstić information content (AvgIpc) is 2.77. The summed E-state index contributed by atoms with van der Waals surface area (Å²) in [5.41, 5.74) is -0.126. The number of hydrogen-bond donors (Lipinski definition) is 2. The summed E-state index contributed by atoms with van der Waals surface area (Å²) in [6.07, 6.45) is 7.13. The molecule has 0 spiro atoms. The summed E-state index contributed by atoms with van der Waals surface area (Å²) in [4.78, 5) is 12.8. The van der Waals surface area contributed by atoms with Gasteiger partial charge in [0.05, 0.1) is 12.2 Å². The minimum Gasteiger partial charge on any atom is -0.393 e. The van der Waals surface area contributed by atoms with E-state index in [1.165, 1.54) is 6.42 Å². The number of fused-ring (bicyclic) bond motifs is 5. The zero-order valence-electron chi connectivity index (χ0n) is 13.9. The minimum atomic E-state index is -0.413. The molecule has 4 rings (SSSR count). The Labute approximate surface area is 133 Å². The Morgan fingerprint density at radius 2 is 1.77 bits per heavy atom. The highest BCUT2D eigenvalue weighted by Crippen LogP contribution is 2.65. The van der Waals surface area contributed by atoms with Crippen LogP contribution in [-0.2, 0) is 4.79 Å². The lowest BCUT2D eigenvalue weighted by molar-refractivity contribution is -0.163. The van der Waals surface area contributed by atoms with E-state index in [0.717, 1.165) is 38.5 Å². The number of Topliss-reactive ketones (excluding diaryl/α,β-unsaturated/α-hetero) is 1. The van der Waals surface area contributed by atoms with Crippen LogP contribution in [0.2, 0.25) is 0 Å². The summed E-state index contributed by atoms with van der Waals surface area (Å²) in [6.45, 7) is 4.49. The van der Waals surface area contributed by atoms with Gasteiger partial charge in [0.15, 0.2) is 0 Å². The number of ketones is 1. The van der Waals surface area contributed by atoms with Crippen molar-refractivity contribution in [2.75, 3.05) is 0 Å². The monoisotopic (exact) mass is 306 g/mol. The molecule has 0 bridgehead atoms. The van der Waals surface area contributed by atoms with E-state index in [4.69, 9.17) is 0 Å². The maximum Gasteiger partial charge on any atom is 0.141 e. The molecule has 0 heterocycles. The minimum absolute atomic E-state index is 0.0849. The number of carbonyl (C=O) groups excluding carboxylic acids is 1. The number of rotatable bonds is 0. The molecule has 0 saturated heterocycles. The second-order valence-electron chi connectivity index (χ2n) is 9.09. The third kappa shape index (κ3) is 1.78. The lowest BCUT2D eigenvalue weighted by Crippen LogP contribution is -2.58. The molecule has 0 amide bonds. The fraction of sp³-hybridized carbons (Fsp3) is 0.947. The first kappa shape index (κ1) is 15.1. The third-order valence-corrected chi connectivity index (χ3v) is 8.43. The van der Waals surface area contributed by atoms with Crippen LogP contribution in [0.4, 0.5) is 0 Å². The Hall–Kier alpha value is -0.410. The first-order chi connectivity index (χ1) is 10.4. The van der Waals surface area contributed by atoms with Crippen molar-refractivity contribution < 1.29 is 15.0 Å². The number of hydrogen-bond acceptors (Lipinski definition) is 3. The molecule has 8 atom stereocenters. The van der Waals surface area contributed by atoms with Gasteiger partial charge < -0.3 is 10.2 Å². The van der Waals surface area contributed by atoms with E-state index in [2.05, 4.69) is 13.8 Å². The summed E-state index contributed by atoms with van der Waals surface area (Å²) in [5.74, 6) is 2.37. The molecule has 0 aromatic heterocycles. The first-order valence-corrected chi connectivity index (χ1v) is 9.26. The van der Waals surface area contributed by atoms with Crippen LogP contribution in [0, 0.1) is 34.5 Å². The standard InChI is InChI=1S/C19H30O3/c1-18-8-7-15-13(14(18)5-6-16(18)21)4-3-11-9-12(20)10-17(22)19(11,15)2/h11-16,20-21H,3-10H2,1-2H3/t11?,12?,13-,14-,15+,16?,18-,19-/m0/s1. The topological polar surface area (TPSA) is 57.5 Å². The van der Waals surface area contributed by atoms with Crippen molar-refractivity contribution in [3.63, 3.8) is 0 Å². The summed E-state index contributed by atoms with van der Waals surface area (Å²) < 4.78 is 0. The van der Waals surface area contributed by atoms with Gasteiger partial charge in [-0.15, -0.1) is 0 Å². The van der Waals surface area contributed by atoms with E-state index in [0.29, 0.717) is 35.9 Å². The molecular formula is C19H30O3. The van der Waals surface area contributed by atoms with Crippen LogP contribution in [0.3, 0.4) is 0 Å². The molecule has 4 saturated carbocycles. The second-order valence-corrected chi connectivity index (χ2v) is 9.09. The molecule has 22 heavy (non-hydrogen) atoms. The van der Waals surface area contributed by atoms with Crippen molar-refractivity contribution in [3.8, 4) is 0 Å². The normalized spacial score (nSPS) is 57.9. The van der Waals surface area contributed by atoms with Gasteiger partial charge in [-0.1, -0.05) is 13.8 Å². The molecule has 0 aromatic carbocycles. The van der Waals surface area contributed by atoms with Gasteiger partial charge in [0.1, 0.15) is 5.78 Å². The van der Waals surface area contributed by atoms with Crippen LogP contribution in [-0.4, -0.2) is 28.2 Å². The number of aliphatic hydroxyl groups is 2. The van der Waals surface area contributed by atoms with Crippen molar-refractivity contribution in [2.24, 2.45) is 34.5 Å². The summed E-state index contributed by atoms with van der Waals surface area (Å²) in [5, 5.41) is 20.5. The van der Waals surface area contributed by atoms with Crippen LogP contribution in [0.25, 0.3) is 0 Å². The molecule has 3 heteroatoms. The predicted molar refractivity (Wildman–Crippen MR) is 84.1 cm³/mol. The zero-order valence-corrected chi connectivity index (χ0v) is 13.9. The van der Waals surface area contributed by atoms with Crippen molar-refractivity contribution in [2.45, 2.75) is 77.4 Å². The molecule has 4 fully saturated rings. The van der Waals surface area contributed by atoms with Gasteiger partial charge in [0, 0.05) is 11.8 Å². The fourth-order valence-corrected chi connectivity index (χ4v) is 7.05. The Balaban J connectivity index is 1.67. The quantitative estimate of drug-likeness (QED) is 0.723. The van der Waals surface area contributed by atoms with E-state index in [9.17, 15) is 15.0 Å². The summed E-state index contributed by atoms with van der Waals surface area (Å²) >= 11 is 0. The van der Waals surface area contributed by atoms with Crippen LogP contribution in [0.5, 0.6) is 0 Å². The molecule has 3 unspecified atom stereocenters. The summed E-state index contributed by atoms with van der Waals surface area (Å²) in [7, 11) is 0. The first-order valence-electron chi connectivity index (χ1n) is 9.26. The van der Waals surface area contributed by atoms with E-state index in [1.54, 1.807) is 0 Å². The van der Waals surface area contributed by atoms with E-state index < -0.39 is 6.10 Å². The molecule has 4 aliphatic carbocycles. The third-order valence-electron chi connectivity index (χ3n) is 8.43. The van der Waals surface area contributed by atoms with Gasteiger partial charge >= 0.3 is 0 Å². The van der Waals surface area contributed by atoms with Gasteiger partial charge in [-0.05, 0) is 74.0 Å². The number of carbonyl (C=O) groups is 1. The Bertz CT molecular complexity index is 489. The highest BCUT2D eigenvalue weighted by Gasteiger charge is 2.62. The lowest BCUT2D eigenvalue weighted by atomic mass is 9.45. The SMILES string of the molecule is C[C@]12C(=O)CC(O)CC1CC[C@@H]1[C@H]2CC[C@]2(C)C(O)CC[C@@H]12. The second kappa shape index (κ2) is 4.80. The molecule has 2 N–H and O–H groups in total. The fourth-order valence-electron chi connectivity index (χ4n) is 7.05. The lowest BCUT2D eigenvalue weighted by Gasteiger charge is -2.59. The van der Waals surface area contributed by atoms with Gasteiger partial charge in [-0.3, -0.25) is 4.79 Å². The predicted octanol–water partition coefficient (Wildman–Crippen LogP) is 2.93. The highest BCUT2D eigenvalue weighted by atomic mass is 16.3. The summed E-state index contributed by atoms with van der Waals surface area (Å²) in [6, 6.07) is 0. The van der Waals surface area contributed by atoms with E-state index in [-0.39, 0.29) is 16.9 Å². The average molecular weight is 306 g/mol. The molecule has 0 aliphatic heterocycles. The zero-order chi connectivity index (χ0) is 15.7. The molecule has 0 radical (unpaired) electrons. The smallest absolute Gasteiger partial charge is 0.141 e. The van der Waals surface area contributed by atoms with Gasteiger partial charge in [0.2, 0.25) is 0 Å². The maximum atomic E-state index is 12.8. The van der Waals surface area contributed by atoms with Crippen molar-refractivity contribution in [1.82, 2.24) is 0 Å². The van der Waals surface area contributed by atoms with Gasteiger partial charge in [-0.2, -0.15) is 0 Å². The highest BCUT2D eigenvalue weighted by molar-refractivity contribution is 5.86. The molecule has 0 aromatic rings. The number of aliphatic hydroxyl groups excluding tert-OH is 2. The van der Waals surface area contributed by atoms with Crippen molar-refractivity contribution in [1.29, 1.82) is 0 Å². The molecule has 3 nitrogen and oxygen atoms in total. The molecule has 124 valence electrons. The Morgan fingerprint density at radius 1 is 1.00 bits per heavy atom. The van der Waals surface area contributed by atoms with Gasteiger partial charge in [-0.25, -0.2) is 0 Å². The van der Waals surface area contributed by atoms with E-state index >= 15 is 0 Å². The van der Waals surface area contributed by atoms with Crippen LogP contribution < -0.4 is 0 Å². The van der Waals surface area contributed by atoms with Crippen LogP contribution >= 0.6 is 0 Å². The van der Waals surface area contributed by atoms with E-state index in [1.807, 2.05) is 0 Å². The largest absolute Gasteiger partial charge is 0.393 e. The maximum absolute atomic E-state index is 12.8. The Morgan fingerprint density at radius 3 is 2.55 bits per heavy atom. The molecule has 4 aliphatic rings. The Kier molecular flexibility index (Phi) is 3.30. The van der Waals surface area contributed by atoms with Crippen LogP contribution in [0.1, 0.15) is 65.2 Å². The van der Waals surface area contributed by atoms with Crippen molar-refractivity contribution >= 4 is 5.78 Å². The van der Waals surface area contributed by atoms with Crippen LogP contribution in [0.15, 0.2) is 0 Å². The van der Waals surface area contributed by atoms with Crippen molar-refractivity contribution in [3.05, 3.63) is 0 Å². The molecular weight excluding hydrogens is 276 g/mol. The van der Waals surface area contributed by atoms with Gasteiger partial charge in [0.25, 0.3) is 0 Å².